The first-order valence-corrected chi connectivity index (χ1v) is 12.0. The second-order valence-electron chi connectivity index (χ2n) is 8.71. The summed E-state index contributed by atoms with van der Waals surface area (Å²) in [6.45, 7) is 3.61. The zero-order valence-electron chi connectivity index (χ0n) is 17.4. The topological polar surface area (TPSA) is 88.1 Å². The van der Waals surface area contributed by atoms with Crippen LogP contribution in [-0.2, 0) is 17.6 Å². The first-order chi connectivity index (χ1) is 14.6. The van der Waals surface area contributed by atoms with E-state index >= 15 is 0 Å². The van der Waals surface area contributed by atoms with Crippen LogP contribution >= 0.6 is 11.3 Å². The first kappa shape index (κ1) is 19.6. The quantitative estimate of drug-likeness (QED) is 0.601. The molecule has 5 rings (SSSR count). The summed E-state index contributed by atoms with van der Waals surface area (Å²) in [4.78, 5) is 31.3. The van der Waals surface area contributed by atoms with Gasteiger partial charge in [-0.3, -0.25) is 9.59 Å². The van der Waals surface area contributed by atoms with Gasteiger partial charge in [0.2, 0.25) is 11.9 Å². The molecule has 7 nitrogen and oxygen atoms in total. The molecule has 3 aliphatic carbocycles. The molecule has 0 bridgehead atoms. The van der Waals surface area contributed by atoms with E-state index in [9.17, 15) is 9.59 Å². The molecule has 8 heteroatoms. The van der Waals surface area contributed by atoms with Gasteiger partial charge >= 0.3 is 0 Å². The van der Waals surface area contributed by atoms with Crippen LogP contribution in [-0.4, -0.2) is 34.5 Å². The van der Waals surface area contributed by atoms with Crippen molar-refractivity contribution in [2.75, 3.05) is 23.7 Å². The number of rotatable bonds is 8. The standard InChI is InChI=1S/C22H29N5O2S/c1-2-23-22-24-9-10-27(22)15-7-8-17-16(11-15)18(20(29)25-12-13-3-4-13)21(30-17)26-19(28)14-5-6-14/h9-10,13-15H,2-8,11-12H2,1H3,(H,23,24)(H,25,29)(H,26,28). The van der Waals surface area contributed by atoms with Crippen LogP contribution < -0.4 is 16.0 Å². The van der Waals surface area contributed by atoms with Crippen molar-refractivity contribution in [3.05, 3.63) is 28.4 Å². The zero-order valence-corrected chi connectivity index (χ0v) is 18.2. The van der Waals surface area contributed by atoms with Crippen LogP contribution in [0, 0.1) is 11.8 Å². The fourth-order valence-corrected chi connectivity index (χ4v) is 5.49. The summed E-state index contributed by atoms with van der Waals surface area (Å²) in [7, 11) is 0. The van der Waals surface area contributed by atoms with Crippen LogP contribution in [0.5, 0.6) is 0 Å². The van der Waals surface area contributed by atoms with Gasteiger partial charge < -0.3 is 20.5 Å². The van der Waals surface area contributed by atoms with Crippen LogP contribution in [0.1, 0.15) is 65.9 Å². The summed E-state index contributed by atoms with van der Waals surface area (Å²) >= 11 is 1.59. The zero-order chi connectivity index (χ0) is 20.7. The fraction of sp³-hybridized carbons (Fsp3) is 0.591. The number of aryl methyl sites for hydroxylation is 1. The molecule has 2 heterocycles. The number of carbonyl (C=O) groups is 2. The van der Waals surface area contributed by atoms with E-state index in [0.29, 0.717) is 11.5 Å². The molecule has 0 radical (unpaired) electrons. The molecule has 2 aromatic heterocycles. The molecular formula is C22H29N5O2S. The van der Waals surface area contributed by atoms with Crippen molar-refractivity contribution in [3.63, 3.8) is 0 Å². The largest absolute Gasteiger partial charge is 0.356 e. The van der Waals surface area contributed by atoms with Gasteiger partial charge in [0.25, 0.3) is 5.91 Å². The Morgan fingerprint density at radius 1 is 1.23 bits per heavy atom. The minimum Gasteiger partial charge on any atom is -0.356 e. The lowest BCUT2D eigenvalue weighted by Gasteiger charge is -2.26. The number of fused-ring (bicyclic) bond motifs is 1. The van der Waals surface area contributed by atoms with Crippen molar-refractivity contribution < 1.29 is 9.59 Å². The molecular weight excluding hydrogens is 398 g/mol. The van der Waals surface area contributed by atoms with Crippen molar-refractivity contribution in [2.45, 2.75) is 57.9 Å². The minimum absolute atomic E-state index is 0.0383. The van der Waals surface area contributed by atoms with E-state index in [0.717, 1.165) is 61.7 Å². The van der Waals surface area contributed by atoms with Crippen LogP contribution in [0.25, 0.3) is 0 Å². The molecule has 0 aromatic carbocycles. The molecule has 2 amide bonds. The Morgan fingerprint density at radius 3 is 2.80 bits per heavy atom. The van der Waals surface area contributed by atoms with Gasteiger partial charge in [-0.15, -0.1) is 11.3 Å². The van der Waals surface area contributed by atoms with Crippen LogP contribution in [0.4, 0.5) is 10.9 Å². The molecule has 1 unspecified atom stereocenters. The fourth-order valence-electron chi connectivity index (χ4n) is 4.24. The summed E-state index contributed by atoms with van der Waals surface area (Å²) in [5, 5.41) is 10.3. The summed E-state index contributed by atoms with van der Waals surface area (Å²) < 4.78 is 2.19. The smallest absolute Gasteiger partial charge is 0.254 e. The van der Waals surface area contributed by atoms with Gasteiger partial charge in [-0.05, 0) is 63.4 Å². The number of hydrogen-bond acceptors (Lipinski definition) is 5. The van der Waals surface area contributed by atoms with E-state index in [1.807, 2.05) is 12.4 Å². The van der Waals surface area contributed by atoms with E-state index in [2.05, 4.69) is 32.4 Å². The molecule has 3 N–H and O–H groups in total. The predicted molar refractivity (Wildman–Crippen MR) is 118 cm³/mol. The highest BCUT2D eigenvalue weighted by Crippen LogP contribution is 2.42. The number of amides is 2. The monoisotopic (exact) mass is 427 g/mol. The van der Waals surface area contributed by atoms with Crippen molar-refractivity contribution in [2.24, 2.45) is 11.8 Å². The van der Waals surface area contributed by atoms with E-state index in [4.69, 9.17) is 0 Å². The summed E-state index contributed by atoms with van der Waals surface area (Å²) in [6.07, 6.45) is 10.8. The van der Waals surface area contributed by atoms with Crippen molar-refractivity contribution >= 4 is 34.1 Å². The molecule has 1 atom stereocenters. The Bertz CT molecular complexity index is 957. The average Bonchev–Trinajstić information content (AvgIpc) is 3.66. The Balaban J connectivity index is 1.43. The molecule has 30 heavy (non-hydrogen) atoms. The van der Waals surface area contributed by atoms with Gasteiger partial charge in [-0.2, -0.15) is 0 Å². The van der Waals surface area contributed by atoms with Gasteiger partial charge in [-0.25, -0.2) is 4.98 Å². The lowest BCUT2D eigenvalue weighted by atomic mass is 9.91. The number of nitrogens with one attached hydrogen (secondary N) is 3. The second kappa shape index (κ2) is 8.06. The lowest BCUT2D eigenvalue weighted by molar-refractivity contribution is -0.117. The third kappa shape index (κ3) is 3.97. The van der Waals surface area contributed by atoms with Crippen LogP contribution in [0.2, 0.25) is 0 Å². The molecule has 3 aliphatic rings. The number of carbonyl (C=O) groups excluding carboxylic acids is 2. The lowest BCUT2D eigenvalue weighted by Crippen LogP contribution is -2.28. The molecule has 160 valence electrons. The molecule has 0 aliphatic heterocycles. The van der Waals surface area contributed by atoms with Gasteiger partial charge in [0.05, 0.1) is 5.56 Å². The van der Waals surface area contributed by atoms with E-state index in [-0.39, 0.29) is 23.8 Å². The number of aromatic nitrogens is 2. The SMILES string of the molecule is CCNc1nccn1C1CCc2sc(NC(=O)C3CC3)c(C(=O)NCC3CC3)c2C1. The van der Waals surface area contributed by atoms with E-state index < -0.39 is 0 Å². The first-order valence-electron chi connectivity index (χ1n) is 11.1. The third-order valence-electron chi connectivity index (χ3n) is 6.29. The van der Waals surface area contributed by atoms with Crippen molar-refractivity contribution in [1.82, 2.24) is 14.9 Å². The minimum atomic E-state index is -0.0383. The van der Waals surface area contributed by atoms with Gasteiger partial charge in [0.15, 0.2) is 0 Å². The average molecular weight is 428 g/mol. The van der Waals surface area contributed by atoms with Gasteiger partial charge in [-0.1, -0.05) is 0 Å². The normalized spacial score (nSPS) is 20.5. The third-order valence-corrected chi connectivity index (χ3v) is 7.50. The van der Waals surface area contributed by atoms with Crippen molar-refractivity contribution in [3.8, 4) is 0 Å². The Labute approximate surface area is 180 Å². The van der Waals surface area contributed by atoms with Gasteiger partial charge in [0.1, 0.15) is 5.00 Å². The highest BCUT2D eigenvalue weighted by atomic mass is 32.1. The highest BCUT2D eigenvalue weighted by molar-refractivity contribution is 7.17. The molecule has 0 spiro atoms. The number of imidazole rings is 1. The predicted octanol–water partition coefficient (Wildman–Crippen LogP) is 3.59. The van der Waals surface area contributed by atoms with E-state index in [1.165, 1.54) is 17.7 Å². The highest BCUT2D eigenvalue weighted by Gasteiger charge is 2.34. The van der Waals surface area contributed by atoms with Crippen molar-refractivity contribution in [1.29, 1.82) is 0 Å². The Hall–Kier alpha value is -2.35. The van der Waals surface area contributed by atoms with E-state index in [1.54, 1.807) is 11.3 Å². The summed E-state index contributed by atoms with van der Waals surface area (Å²) in [5.41, 5.74) is 1.80. The number of hydrogen-bond donors (Lipinski definition) is 3. The van der Waals surface area contributed by atoms with Gasteiger partial charge in [0, 0.05) is 42.3 Å². The second-order valence-corrected chi connectivity index (χ2v) is 9.82. The summed E-state index contributed by atoms with van der Waals surface area (Å²) in [6, 6.07) is 0.255. The molecule has 2 fully saturated rings. The van der Waals surface area contributed by atoms with Crippen LogP contribution in [0.3, 0.4) is 0 Å². The number of nitrogens with zero attached hydrogens (tertiary/aromatic N) is 2. The maximum absolute atomic E-state index is 13.2. The van der Waals surface area contributed by atoms with Crippen LogP contribution in [0.15, 0.2) is 12.4 Å². The number of thiophene rings is 1. The Morgan fingerprint density at radius 2 is 2.07 bits per heavy atom. The molecule has 0 saturated heterocycles. The molecule has 2 aromatic rings. The number of anilines is 2. The summed E-state index contributed by atoms with van der Waals surface area (Å²) in [5.74, 6) is 1.64. The maximum atomic E-state index is 13.2. The maximum Gasteiger partial charge on any atom is 0.254 e. The Kier molecular flexibility index (Phi) is 5.26. The molecule has 2 saturated carbocycles.